The van der Waals surface area contributed by atoms with Crippen molar-refractivity contribution in [3.63, 3.8) is 0 Å². The number of rotatable bonds is 7. The Balaban J connectivity index is 1.45. The van der Waals surface area contributed by atoms with Crippen molar-refractivity contribution in [3.05, 3.63) is 93.6 Å². The summed E-state index contributed by atoms with van der Waals surface area (Å²) in [4.78, 5) is 27.5. The van der Waals surface area contributed by atoms with Gasteiger partial charge in [0.2, 0.25) is 0 Å². The zero-order valence-electron chi connectivity index (χ0n) is 21.4. The first-order chi connectivity index (χ1) is 19.1. The smallest absolute Gasteiger partial charge is 0.333 e. The predicted molar refractivity (Wildman–Crippen MR) is 150 cm³/mol. The molecule has 40 heavy (non-hydrogen) atoms. The number of amides is 1. The average molecular weight is 588 g/mol. The molecule has 0 radical (unpaired) electrons. The van der Waals surface area contributed by atoms with Gasteiger partial charge in [-0.2, -0.15) is 13.2 Å². The Morgan fingerprint density at radius 2 is 1.60 bits per heavy atom. The summed E-state index contributed by atoms with van der Waals surface area (Å²) >= 11 is 7.95. The summed E-state index contributed by atoms with van der Waals surface area (Å²) in [6.07, 6.45) is 0.373. The molecule has 1 fully saturated rings. The molecule has 0 spiro atoms. The Morgan fingerprint density at radius 3 is 2.27 bits per heavy atom. The normalized spacial score (nSPS) is 14.4. The molecule has 3 aromatic carbocycles. The van der Waals surface area contributed by atoms with Crippen LogP contribution >= 0.6 is 22.9 Å². The topological polar surface area (TPSA) is 37.4 Å². The first kappa shape index (κ1) is 28.3. The van der Waals surface area contributed by atoms with Crippen LogP contribution in [0.5, 0.6) is 0 Å². The van der Waals surface area contributed by atoms with E-state index in [-0.39, 0.29) is 18.0 Å². The lowest BCUT2D eigenvalue weighted by Crippen LogP contribution is -2.35. The summed E-state index contributed by atoms with van der Waals surface area (Å²) in [5, 5.41) is 1.19. The van der Waals surface area contributed by atoms with Crippen molar-refractivity contribution in [3.8, 4) is 11.1 Å². The van der Waals surface area contributed by atoms with Crippen molar-refractivity contribution in [2.75, 3.05) is 6.54 Å². The van der Waals surface area contributed by atoms with Gasteiger partial charge in [-0.15, -0.1) is 11.3 Å². The lowest BCUT2D eigenvalue weighted by molar-refractivity contribution is -0.0885. The summed E-state index contributed by atoms with van der Waals surface area (Å²) in [5.41, 5.74) is 0.905. The van der Waals surface area contributed by atoms with Gasteiger partial charge in [-0.3, -0.25) is 9.59 Å². The summed E-state index contributed by atoms with van der Waals surface area (Å²) in [7, 11) is 0. The zero-order valence-corrected chi connectivity index (χ0v) is 23.0. The van der Waals surface area contributed by atoms with E-state index in [1.807, 2.05) is 24.3 Å². The summed E-state index contributed by atoms with van der Waals surface area (Å²) < 4.78 is 54.4. The average Bonchev–Trinajstić information content (AvgIpc) is 3.29. The van der Waals surface area contributed by atoms with Crippen LogP contribution in [0.15, 0.2) is 66.7 Å². The second kappa shape index (κ2) is 11.7. The van der Waals surface area contributed by atoms with Crippen LogP contribution in [0, 0.1) is 11.7 Å². The number of carbonyl (C=O) groups excluding carboxylic acids is 2. The van der Waals surface area contributed by atoms with E-state index in [0.717, 1.165) is 54.3 Å². The fraction of sp³-hybridized carbons (Fsp3) is 0.290. The number of hydrogen-bond donors (Lipinski definition) is 0. The first-order valence-corrected chi connectivity index (χ1v) is 14.3. The van der Waals surface area contributed by atoms with Crippen molar-refractivity contribution in [2.24, 2.45) is 5.92 Å². The molecule has 208 valence electrons. The molecule has 0 aliphatic heterocycles. The fourth-order valence-corrected chi connectivity index (χ4v) is 6.73. The van der Waals surface area contributed by atoms with Gasteiger partial charge in [0, 0.05) is 34.3 Å². The molecule has 1 aliphatic carbocycles. The van der Waals surface area contributed by atoms with E-state index in [4.69, 9.17) is 11.6 Å². The minimum absolute atomic E-state index is 0.0181. The molecule has 4 aromatic rings. The Morgan fingerprint density at radius 1 is 0.925 bits per heavy atom. The van der Waals surface area contributed by atoms with Gasteiger partial charge in [-0.1, -0.05) is 79.4 Å². The minimum Gasteiger partial charge on any atom is -0.333 e. The predicted octanol–water partition coefficient (Wildman–Crippen LogP) is 9.33. The van der Waals surface area contributed by atoms with Crippen molar-refractivity contribution in [1.82, 2.24) is 4.90 Å². The SMILES string of the molecule is O=C(c1sc2ccccc2c1Cl)N(Cc1cc(-c2ccc(C(=O)C(F)(F)F)cc2)ccc1F)CC1CCCCC1. The number of carbonyl (C=O) groups is 2. The van der Waals surface area contributed by atoms with Crippen LogP contribution < -0.4 is 0 Å². The molecule has 0 unspecified atom stereocenters. The Bertz CT molecular complexity index is 1540. The second-order valence-electron chi connectivity index (χ2n) is 10.1. The molecule has 1 saturated carbocycles. The molecule has 0 saturated heterocycles. The third kappa shape index (κ3) is 6.08. The second-order valence-corrected chi connectivity index (χ2v) is 11.6. The molecule has 1 heterocycles. The number of ketones is 1. The van der Waals surface area contributed by atoms with E-state index in [2.05, 4.69) is 0 Å². The molecule has 1 aromatic heterocycles. The highest BCUT2D eigenvalue weighted by atomic mass is 35.5. The number of nitrogens with zero attached hydrogens (tertiary/aromatic N) is 1. The third-order valence-electron chi connectivity index (χ3n) is 7.36. The maximum absolute atomic E-state index is 15.1. The van der Waals surface area contributed by atoms with Crippen LogP contribution in [0.2, 0.25) is 5.02 Å². The molecule has 9 heteroatoms. The van der Waals surface area contributed by atoms with E-state index in [9.17, 15) is 22.8 Å². The van der Waals surface area contributed by atoms with Gasteiger partial charge in [-0.05, 0) is 48.1 Å². The number of fused-ring (bicyclic) bond motifs is 1. The van der Waals surface area contributed by atoms with Gasteiger partial charge < -0.3 is 4.90 Å². The number of halogens is 5. The number of thiophene rings is 1. The van der Waals surface area contributed by atoms with Gasteiger partial charge in [0.25, 0.3) is 11.7 Å². The molecule has 1 aliphatic rings. The number of hydrogen-bond acceptors (Lipinski definition) is 3. The van der Waals surface area contributed by atoms with Crippen molar-refractivity contribution < 1.29 is 27.2 Å². The molecular formula is C31H26ClF4NO2S. The molecule has 1 amide bonds. The third-order valence-corrected chi connectivity index (χ3v) is 9.03. The molecule has 3 nitrogen and oxygen atoms in total. The van der Waals surface area contributed by atoms with Gasteiger partial charge in [0.15, 0.2) is 0 Å². The monoisotopic (exact) mass is 587 g/mol. The highest BCUT2D eigenvalue weighted by Gasteiger charge is 2.39. The zero-order chi connectivity index (χ0) is 28.4. The van der Waals surface area contributed by atoms with Crippen molar-refractivity contribution >= 4 is 44.7 Å². The summed E-state index contributed by atoms with van der Waals surface area (Å²) in [5.74, 6) is -2.36. The summed E-state index contributed by atoms with van der Waals surface area (Å²) in [6, 6.07) is 17.0. The van der Waals surface area contributed by atoms with Crippen molar-refractivity contribution in [1.29, 1.82) is 0 Å². The maximum atomic E-state index is 15.1. The van der Waals surface area contributed by atoms with E-state index >= 15 is 4.39 Å². The lowest BCUT2D eigenvalue weighted by Gasteiger charge is -2.30. The quantitative estimate of drug-likeness (QED) is 0.160. The van der Waals surface area contributed by atoms with E-state index < -0.39 is 23.3 Å². The van der Waals surface area contributed by atoms with Gasteiger partial charge in [0.1, 0.15) is 10.7 Å². The van der Waals surface area contributed by atoms with Gasteiger partial charge in [0.05, 0.1) is 5.02 Å². The van der Waals surface area contributed by atoms with Crippen LogP contribution in [0.1, 0.15) is 57.7 Å². The summed E-state index contributed by atoms with van der Waals surface area (Å²) in [6.45, 7) is 0.492. The van der Waals surface area contributed by atoms with Crippen LogP contribution in [-0.2, 0) is 6.54 Å². The van der Waals surface area contributed by atoms with E-state index in [1.54, 1.807) is 11.0 Å². The highest BCUT2D eigenvalue weighted by Crippen LogP contribution is 2.37. The fourth-order valence-electron chi connectivity index (χ4n) is 5.25. The van der Waals surface area contributed by atoms with Gasteiger partial charge >= 0.3 is 6.18 Å². The van der Waals surface area contributed by atoms with Crippen LogP contribution in [0.3, 0.4) is 0 Å². The molecule has 0 bridgehead atoms. The van der Waals surface area contributed by atoms with Crippen LogP contribution in [0.4, 0.5) is 17.6 Å². The molecular weight excluding hydrogens is 562 g/mol. The first-order valence-electron chi connectivity index (χ1n) is 13.1. The maximum Gasteiger partial charge on any atom is 0.454 e. The number of Topliss-reactive ketones (excluding diaryl/α,β-unsaturated/α-hetero) is 1. The van der Waals surface area contributed by atoms with Crippen LogP contribution in [-0.4, -0.2) is 29.3 Å². The van der Waals surface area contributed by atoms with E-state index in [1.165, 1.54) is 35.6 Å². The Kier molecular flexibility index (Phi) is 8.29. The molecule has 5 rings (SSSR count). The van der Waals surface area contributed by atoms with E-state index in [0.29, 0.717) is 33.5 Å². The Hall–Kier alpha value is -3.23. The highest BCUT2D eigenvalue weighted by molar-refractivity contribution is 7.21. The lowest BCUT2D eigenvalue weighted by atomic mass is 9.88. The largest absolute Gasteiger partial charge is 0.454 e. The molecule has 0 atom stereocenters. The number of alkyl halides is 3. The Labute approximate surface area is 238 Å². The number of benzene rings is 3. The molecule has 0 N–H and O–H groups in total. The van der Waals surface area contributed by atoms with Crippen molar-refractivity contribution in [2.45, 2.75) is 44.8 Å². The van der Waals surface area contributed by atoms with Crippen LogP contribution in [0.25, 0.3) is 21.2 Å². The minimum atomic E-state index is -4.96. The van der Waals surface area contributed by atoms with Gasteiger partial charge in [-0.25, -0.2) is 4.39 Å². The standard InChI is InChI=1S/C31H26ClF4NO2S/c32-27-24-8-4-5-9-26(24)40-28(27)30(39)37(17-19-6-2-1-3-7-19)18-23-16-22(14-15-25(23)33)20-10-12-21(13-11-20)29(38)31(34,35)36/h4-5,8-16,19H,1-3,6-7,17-18H2.